The largest absolute Gasteiger partial charge is 0.494 e. The van der Waals surface area contributed by atoms with Gasteiger partial charge in [0.1, 0.15) is 5.75 Å². The topological polar surface area (TPSA) is 69.4 Å². The van der Waals surface area contributed by atoms with E-state index in [1.54, 1.807) is 30.3 Å². The monoisotopic (exact) mass is 327 g/mol. The van der Waals surface area contributed by atoms with E-state index < -0.39 is 4.92 Å². The highest BCUT2D eigenvalue weighted by atomic mass is 32.2. The summed E-state index contributed by atoms with van der Waals surface area (Å²) in [6.45, 7) is 2.48. The summed E-state index contributed by atoms with van der Waals surface area (Å²) < 4.78 is 5.45. The minimum Gasteiger partial charge on any atom is -0.494 e. The van der Waals surface area contributed by atoms with E-state index in [1.807, 2.05) is 13.0 Å². The van der Waals surface area contributed by atoms with Gasteiger partial charge in [-0.15, -0.1) is 0 Å². The lowest BCUT2D eigenvalue weighted by molar-refractivity contribution is -0.384. The van der Waals surface area contributed by atoms with Gasteiger partial charge in [-0.05, 0) is 48.9 Å². The second kappa shape index (κ2) is 6.26. The minimum atomic E-state index is -0.447. The number of ketones is 1. The lowest BCUT2D eigenvalue weighted by Gasteiger charge is -2.03. The second-order valence-corrected chi connectivity index (χ2v) is 5.96. The minimum absolute atomic E-state index is 0.0298. The molecule has 2 aromatic carbocycles. The lowest BCUT2D eigenvalue weighted by Crippen LogP contribution is -1.95. The first kappa shape index (κ1) is 15.3. The van der Waals surface area contributed by atoms with E-state index >= 15 is 0 Å². The van der Waals surface area contributed by atoms with Crippen LogP contribution >= 0.6 is 11.8 Å². The Bertz CT molecular complexity index is 812. The maximum Gasteiger partial charge on any atom is 0.269 e. The molecule has 0 saturated carbocycles. The van der Waals surface area contributed by atoms with Gasteiger partial charge in [0.25, 0.3) is 5.69 Å². The average Bonchev–Trinajstić information content (AvgIpc) is 2.84. The van der Waals surface area contributed by atoms with Gasteiger partial charge in [-0.3, -0.25) is 14.9 Å². The summed E-state index contributed by atoms with van der Waals surface area (Å²) in [7, 11) is 0. The van der Waals surface area contributed by atoms with Gasteiger partial charge in [0.2, 0.25) is 5.78 Å². The molecule has 23 heavy (non-hydrogen) atoms. The molecule has 0 saturated heterocycles. The van der Waals surface area contributed by atoms with Gasteiger partial charge in [-0.1, -0.05) is 11.8 Å². The van der Waals surface area contributed by atoms with Crippen molar-refractivity contribution in [2.45, 2.75) is 11.8 Å². The van der Waals surface area contributed by atoms with Crippen molar-refractivity contribution in [3.63, 3.8) is 0 Å². The fourth-order valence-corrected chi connectivity index (χ4v) is 3.35. The molecule has 0 aromatic heterocycles. The first-order valence-electron chi connectivity index (χ1n) is 7.04. The van der Waals surface area contributed by atoms with Crippen LogP contribution in [0.2, 0.25) is 0 Å². The highest BCUT2D eigenvalue weighted by Gasteiger charge is 2.26. The van der Waals surface area contributed by atoms with Crippen molar-refractivity contribution in [1.82, 2.24) is 0 Å². The van der Waals surface area contributed by atoms with Gasteiger partial charge in [0.15, 0.2) is 0 Å². The summed E-state index contributed by atoms with van der Waals surface area (Å²) in [5.41, 5.74) is 1.44. The SMILES string of the molecule is CCOc1ccc2c(c1)SC(=Cc1ccc([N+](=O)[O-])cc1)C2=O. The Labute approximate surface area is 137 Å². The molecule has 0 spiro atoms. The quantitative estimate of drug-likeness (QED) is 0.475. The van der Waals surface area contributed by atoms with Gasteiger partial charge < -0.3 is 4.74 Å². The normalized spacial score (nSPS) is 14.8. The van der Waals surface area contributed by atoms with E-state index in [2.05, 4.69) is 0 Å². The molecular formula is C17H13NO4S. The summed E-state index contributed by atoms with van der Waals surface area (Å²) in [5, 5.41) is 10.7. The molecule has 116 valence electrons. The number of Topliss-reactive ketones (excluding diaryl/α,β-unsaturated/α-hetero) is 1. The number of nitro groups is 1. The molecule has 6 heteroatoms. The summed E-state index contributed by atoms with van der Waals surface area (Å²) in [4.78, 5) is 24.1. The molecule has 0 atom stereocenters. The zero-order valence-corrected chi connectivity index (χ0v) is 13.1. The highest BCUT2D eigenvalue weighted by molar-refractivity contribution is 8.04. The third-order valence-corrected chi connectivity index (χ3v) is 4.43. The number of hydrogen-bond acceptors (Lipinski definition) is 5. The molecule has 2 aromatic rings. The molecule has 0 N–H and O–H groups in total. The van der Waals surface area contributed by atoms with E-state index in [0.717, 1.165) is 16.2 Å². The van der Waals surface area contributed by atoms with Crippen molar-refractivity contribution < 1.29 is 14.5 Å². The van der Waals surface area contributed by atoms with Crippen LogP contribution in [0.25, 0.3) is 6.08 Å². The number of ether oxygens (including phenoxy) is 1. The maximum atomic E-state index is 12.4. The Morgan fingerprint density at radius 1 is 1.22 bits per heavy atom. The number of fused-ring (bicyclic) bond motifs is 1. The van der Waals surface area contributed by atoms with Crippen molar-refractivity contribution in [1.29, 1.82) is 0 Å². The molecule has 3 rings (SSSR count). The number of thioether (sulfide) groups is 1. The predicted molar refractivity (Wildman–Crippen MR) is 88.9 cm³/mol. The third-order valence-electron chi connectivity index (χ3n) is 3.35. The van der Waals surface area contributed by atoms with Crippen LogP contribution in [-0.2, 0) is 0 Å². The molecule has 0 unspecified atom stereocenters. The number of carbonyl (C=O) groups excluding carboxylic acids is 1. The Morgan fingerprint density at radius 2 is 1.96 bits per heavy atom. The Hall–Kier alpha value is -2.60. The summed E-state index contributed by atoms with van der Waals surface area (Å²) in [6.07, 6.45) is 1.75. The Kier molecular flexibility index (Phi) is 4.16. The fourth-order valence-electron chi connectivity index (χ4n) is 2.27. The first-order valence-corrected chi connectivity index (χ1v) is 7.85. The Morgan fingerprint density at radius 3 is 2.61 bits per heavy atom. The molecule has 0 aliphatic carbocycles. The number of nitro benzene ring substituents is 1. The third kappa shape index (κ3) is 3.12. The van der Waals surface area contributed by atoms with Crippen LogP contribution in [0.15, 0.2) is 52.3 Å². The van der Waals surface area contributed by atoms with Crippen molar-refractivity contribution in [3.05, 3.63) is 68.6 Å². The van der Waals surface area contributed by atoms with Crippen LogP contribution in [0.5, 0.6) is 5.75 Å². The highest BCUT2D eigenvalue weighted by Crippen LogP contribution is 2.42. The van der Waals surface area contributed by atoms with Crippen molar-refractivity contribution >= 4 is 29.3 Å². The molecule has 1 aliphatic rings. The molecule has 0 radical (unpaired) electrons. The summed E-state index contributed by atoms with van der Waals surface area (Å²) in [6, 6.07) is 11.5. The van der Waals surface area contributed by atoms with Crippen LogP contribution in [-0.4, -0.2) is 17.3 Å². The molecular weight excluding hydrogens is 314 g/mol. The first-order chi connectivity index (χ1) is 11.1. The van der Waals surface area contributed by atoms with Crippen molar-refractivity contribution in [2.75, 3.05) is 6.61 Å². The van der Waals surface area contributed by atoms with Gasteiger partial charge in [0, 0.05) is 22.6 Å². The van der Waals surface area contributed by atoms with Crippen LogP contribution in [0.4, 0.5) is 5.69 Å². The smallest absolute Gasteiger partial charge is 0.269 e. The van der Waals surface area contributed by atoms with Crippen LogP contribution < -0.4 is 4.74 Å². The summed E-state index contributed by atoms with van der Waals surface area (Å²) >= 11 is 1.39. The summed E-state index contributed by atoms with van der Waals surface area (Å²) in [5.74, 6) is 0.703. The van der Waals surface area contributed by atoms with E-state index in [0.29, 0.717) is 17.1 Å². The van der Waals surface area contributed by atoms with E-state index in [1.165, 1.54) is 23.9 Å². The number of benzene rings is 2. The lowest BCUT2D eigenvalue weighted by atomic mass is 10.1. The van der Waals surface area contributed by atoms with Gasteiger partial charge in [-0.2, -0.15) is 0 Å². The fraction of sp³-hybridized carbons (Fsp3) is 0.118. The molecule has 0 fully saturated rings. The molecule has 1 heterocycles. The number of non-ortho nitro benzene ring substituents is 1. The maximum absolute atomic E-state index is 12.4. The molecule has 0 bridgehead atoms. The molecule has 0 amide bonds. The number of nitrogens with zero attached hydrogens (tertiary/aromatic N) is 1. The zero-order chi connectivity index (χ0) is 16.4. The molecule has 1 aliphatic heterocycles. The number of carbonyl (C=O) groups is 1. The standard InChI is InChI=1S/C17H13NO4S/c1-2-22-13-7-8-14-15(10-13)23-16(17(14)19)9-11-3-5-12(6-4-11)18(20)21/h3-10H,2H2,1H3. The van der Waals surface area contributed by atoms with Crippen molar-refractivity contribution in [2.24, 2.45) is 0 Å². The zero-order valence-electron chi connectivity index (χ0n) is 12.3. The van der Waals surface area contributed by atoms with Gasteiger partial charge in [0.05, 0.1) is 16.4 Å². The van der Waals surface area contributed by atoms with Gasteiger partial charge >= 0.3 is 0 Å². The van der Waals surface area contributed by atoms with Crippen LogP contribution in [0.3, 0.4) is 0 Å². The van der Waals surface area contributed by atoms with Crippen LogP contribution in [0.1, 0.15) is 22.8 Å². The molecule has 5 nitrogen and oxygen atoms in total. The number of allylic oxidation sites excluding steroid dienone is 1. The van der Waals surface area contributed by atoms with Crippen LogP contribution in [0, 0.1) is 10.1 Å². The Balaban J connectivity index is 1.87. The van der Waals surface area contributed by atoms with E-state index in [-0.39, 0.29) is 11.5 Å². The van der Waals surface area contributed by atoms with E-state index in [9.17, 15) is 14.9 Å². The van der Waals surface area contributed by atoms with Gasteiger partial charge in [-0.25, -0.2) is 0 Å². The second-order valence-electron chi connectivity index (χ2n) is 4.88. The van der Waals surface area contributed by atoms with Crippen molar-refractivity contribution in [3.8, 4) is 5.75 Å². The average molecular weight is 327 g/mol. The van der Waals surface area contributed by atoms with E-state index in [4.69, 9.17) is 4.74 Å². The number of hydrogen-bond donors (Lipinski definition) is 0. The predicted octanol–water partition coefficient (Wildman–Crippen LogP) is 4.32. The number of rotatable bonds is 4.